The Morgan fingerprint density at radius 3 is 2.56 bits per heavy atom. The Balaban J connectivity index is 2.70. The van der Waals surface area contributed by atoms with Crippen LogP contribution >= 0.6 is 0 Å². The van der Waals surface area contributed by atoms with Gasteiger partial charge in [-0.15, -0.1) is 0 Å². The fourth-order valence-corrected chi connectivity index (χ4v) is 0.907. The highest BCUT2D eigenvalue weighted by Gasteiger charge is 2.17. The molecule has 1 amide bonds. The van der Waals surface area contributed by atoms with E-state index >= 15 is 0 Å². The topological polar surface area (TPSA) is 51.2 Å². The van der Waals surface area contributed by atoms with Gasteiger partial charge in [0.25, 0.3) is 0 Å². The summed E-state index contributed by atoms with van der Waals surface area (Å²) in [6.07, 6.45) is -0.0408. The summed E-state index contributed by atoms with van der Waals surface area (Å²) in [4.78, 5) is 14.6. The summed E-state index contributed by atoms with van der Waals surface area (Å²) in [5, 5.41) is 2.08. The highest BCUT2D eigenvalue weighted by atomic mass is 19.1. The van der Waals surface area contributed by atoms with Gasteiger partial charge in [0, 0.05) is 6.07 Å². The third-order valence-corrected chi connectivity index (χ3v) is 1.43. The van der Waals surface area contributed by atoms with Crippen LogP contribution in [0.1, 0.15) is 20.8 Å². The lowest BCUT2D eigenvalue weighted by Gasteiger charge is -2.19. The summed E-state index contributed by atoms with van der Waals surface area (Å²) < 4.78 is 30.5. The zero-order valence-electron chi connectivity index (χ0n) is 9.17. The first-order chi connectivity index (χ1) is 7.28. The maximum atomic E-state index is 13.1. The SMILES string of the molecule is CC(C)(C)OC(=O)Nc1ncc(F)cc1F. The number of amides is 1. The number of anilines is 1. The standard InChI is InChI=1S/C10H12F2N2O2/c1-10(2,3)16-9(15)14-8-7(12)4-6(11)5-13-8/h4-5H,1-3H3,(H,13,14,15). The maximum absolute atomic E-state index is 13.1. The van der Waals surface area contributed by atoms with Crippen LogP contribution in [-0.4, -0.2) is 16.7 Å². The first kappa shape index (κ1) is 12.4. The highest BCUT2D eigenvalue weighted by Crippen LogP contribution is 2.13. The lowest BCUT2D eigenvalue weighted by molar-refractivity contribution is 0.0634. The van der Waals surface area contributed by atoms with Gasteiger partial charge in [-0.25, -0.2) is 18.6 Å². The van der Waals surface area contributed by atoms with Gasteiger partial charge in [0.05, 0.1) is 6.20 Å². The van der Waals surface area contributed by atoms with Crippen LogP contribution in [0.25, 0.3) is 0 Å². The van der Waals surface area contributed by atoms with Crippen LogP contribution in [0, 0.1) is 11.6 Å². The third-order valence-electron chi connectivity index (χ3n) is 1.43. The smallest absolute Gasteiger partial charge is 0.413 e. The second-order valence-electron chi connectivity index (χ2n) is 4.11. The minimum Gasteiger partial charge on any atom is -0.444 e. The summed E-state index contributed by atoms with van der Waals surface area (Å²) in [6.45, 7) is 5.00. The zero-order chi connectivity index (χ0) is 12.3. The average Bonchev–Trinajstić information content (AvgIpc) is 2.06. The second kappa shape index (κ2) is 4.42. The molecule has 0 atom stereocenters. The van der Waals surface area contributed by atoms with Crippen LogP contribution in [-0.2, 0) is 4.74 Å². The molecule has 1 rings (SSSR count). The molecule has 4 nitrogen and oxygen atoms in total. The normalized spacial score (nSPS) is 11.1. The molecule has 0 aliphatic heterocycles. The van der Waals surface area contributed by atoms with Crippen molar-refractivity contribution in [3.63, 3.8) is 0 Å². The van der Waals surface area contributed by atoms with Crippen LogP contribution in [0.15, 0.2) is 12.3 Å². The van der Waals surface area contributed by atoms with Gasteiger partial charge in [0.2, 0.25) is 0 Å². The highest BCUT2D eigenvalue weighted by molar-refractivity contribution is 5.83. The number of nitrogens with one attached hydrogen (secondary N) is 1. The quantitative estimate of drug-likeness (QED) is 0.806. The maximum Gasteiger partial charge on any atom is 0.413 e. The van der Waals surface area contributed by atoms with Crippen molar-refractivity contribution in [2.45, 2.75) is 26.4 Å². The van der Waals surface area contributed by atoms with Crippen molar-refractivity contribution in [3.05, 3.63) is 23.9 Å². The van der Waals surface area contributed by atoms with Crippen LogP contribution < -0.4 is 5.32 Å². The molecular formula is C10H12F2N2O2. The number of halogens is 2. The predicted octanol–water partition coefficient (Wildman–Crippen LogP) is 2.71. The Morgan fingerprint density at radius 1 is 1.44 bits per heavy atom. The molecule has 6 heteroatoms. The zero-order valence-corrected chi connectivity index (χ0v) is 9.17. The average molecular weight is 230 g/mol. The molecule has 0 radical (unpaired) electrons. The number of aromatic nitrogens is 1. The largest absolute Gasteiger partial charge is 0.444 e. The molecule has 0 aliphatic rings. The number of carbonyl (C=O) groups excluding carboxylic acids is 1. The van der Waals surface area contributed by atoms with Gasteiger partial charge in [-0.3, -0.25) is 5.32 Å². The van der Waals surface area contributed by atoms with Crippen LogP contribution in [0.4, 0.5) is 19.4 Å². The number of ether oxygens (including phenoxy) is 1. The van der Waals surface area contributed by atoms with Gasteiger partial charge in [-0.05, 0) is 20.8 Å². The lowest BCUT2D eigenvalue weighted by atomic mass is 10.2. The van der Waals surface area contributed by atoms with Gasteiger partial charge >= 0.3 is 6.09 Å². The van der Waals surface area contributed by atoms with Crippen molar-refractivity contribution in [1.82, 2.24) is 4.98 Å². The molecule has 1 N–H and O–H groups in total. The Labute approximate surface area is 91.6 Å². The molecule has 0 fully saturated rings. The monoisotopic (exact) mass is 230 g/mol. The summed E-state index contributed by atoms with van der Waals surface area (Å²) in [5.74, 6) is -2.13. The van der Waals surface area contributed by atoms with Gasteiger partial charge < -0.3 is 4.74 Å². The Hall–Kier alpha value is -1.72. The van der Waals surface area contributed by atoms with Crippen molar-refractivity contribution in [2.24, 2.45) is 0 Å². The summed E-state index contributed by atoms with van der Waals surface area (Å²) in [7, 11) is 0. The number of hydrogen-bond donors (Lipinski definition) is 1. The Kier molecular flexibility index (Phi) is 3.41. The molecular weight excluding hydrogens is 218 g/mol. The van der Waals surface area contributed by atoms with Crippen molar-refractivity contribution in [1.29, 1.82) is 0 Å². The van der Waals surface area contributed by atoms with Gasteiger partial charge in [0.1, 0.15) is 11.4 Å². The van der Waals surface area contributed by atoms with E-state index in [-0.39, 0.29) is 5.82 Å². The molecule has 0 bridgehead atoms. The minimum atomic E-state index is -0.953. The number of rotatable bonds is 1. The van der Waals surface area contributed by atoms with Crippen molar-refractivity contribution < 1.29 is 18.3 Å². The molecule has 0 unspecified atom stereocenters. The first-order valence-corrected chi connectivity index (χ1v) is 4.59. The van der Waals surface area contributed by atoms with Crippen molar-refractivity contribution in [2.75, 3.05) is 5.32 Å². The van der Waals surface area contributed by atoms with Gasteiger partial charge in [0.15, 0.2) is 11.6 Å². The second-order valence-corrected chi connectivity index (χ2v) is 4.11. The molecule has 0 aliphatic carbocycles. The summed E-state index contributed by atoms with van der Waals surface area (Å²) >= 11 is 0. The Morgan fingerprint density at radius 2 is 2.06 bits per heavy atom. The molecule has 88 valence electrons. The molecule has 16 heavy (non-hydrogen) atoms. The van der Waals surface area contributed by atoms with E-state index in [2.05, 4.69) is 10.3 Å². The predicted molar refractivity (Wildman–Crippen MR) is 54.0 cm³/mol. The van der Waals surface area contributed by atoms with E-state index in [1.165, 1.54) is 0 Å². The fraction of sp³-hybridized carbons (Fsp3) is 0.400. The molecule has 0 saturated carbocycles. The molecule has 0 spiro atoms. The number of carbonyl (C=O) groups is 1. The summed E-state index contributed by atoms with van der Waals surface area (Å²) in [5.41, 5.74) is -0.694. The van der Waals surface area contributed by atoms with E-state index < -0.39 is 23.3 Å². The molecule has 1 aromatic heterocycles. The fourth-order valence-electron chi connectivity index (χ4n) is 0.907. The van der Waals surface area contributed by atoms with E-state index in [0.29, 0.717) is 6.07 Å². The van der Waals surface area contributed by atoms with Crippen molar-refractivity contribution >= 4 is 11.9 Å². The van der Waals surface area contributed by atoms with E-state index in [0.717, 1.165) is 6.20 Å². The number of pyridine rings is 1. The molecule has 0 aromatic carbocycles. The van der Waals surface area contributed by atoms with Crippen LogP contribution in [0.5, 0.6) is 0 Å². The van der Waals surface area contributed by atoms with E-state index in [9.17, 15) is 13.6 Å². The molecule has 0 saturated heterocycles. The minimum absolute atomic E-state index is 0.365. The lowest BCUT2D eigenvalue weighted by Crippen LogP contribution is -2.27. The van der Waals surface area contributed by atoms with Gasteiger partial charge in [-0.2, -0.15) is 0 Å². The molecule has 1 aromatic rings. The Bertz CT molecular complexity index is 402. The molecule has 1 heterocycles. The van der Waals surface area contributed by atoms with Crippen molar-refractivity contribution in [3.8, 4) is 0 Å². The van der Waals surface area contributed by atoms with Crippen LogP contribution in [0.2, 0.25) is 0 Å². The van der Waals surface area contributed by atoms with E-state index in [1.54, 1.807) is 20.8 Å². The van der Waals surface area contributed by atoms with E-state index in [1.807, 2.05) is 0 Å². The number of nitrogens with zero attached hydrogens (tertiary/aromatic N) is 1. The van der Waals surface area contributed by atoms with Crippen LogP contribution in [0.3, 0.4) is 0 Å². The number of hydrogen-bond acceptors (Lipinski definition) is 3. The summed E-state index contributed by atoms with van der Waals surface area (Å²) in [6, 6.07) is 0.625. The first-order valence-electron chi connectivity index (χ1n) is 4.59. The third kappa shape index (κ3) is 3.80. The van der Waals surface area contributed by atoms with Gasteiger partial charge in [-0.1, -0.05) is 0 Å². The van der Waals surface area contributed by atoms with E-state index in [4.69, 9.17) is 4.74 Å².